The van der Waals surface area contributed by atoms with E-state index < -0.39 is 0 Å². The fourth-order valence-electron chi connectivity index (χ4n) is 3.13. The molecule has 0 radical (unpaired) electrons. The van der Waals surface area contributed by atoms with Gasteiger partial charge in [-0.2, -0.15) is 0 Å². The molecule has 0 aromatic carbocycles. The van der Waals surface area contributed by atoms with E-state index in [4.69, 9.17) is 11.2 Å². The molecule has 2 heteroatoms. The highest BCUT2D eigenvalue weighted by atomic mass is 16.5. The van der Waals surface area contributed by atoms with E-state index in [9.17, 15) is 0 Å². The lowest BCUT2D eigenvalue weighted by Crippen LogP contribution is -2.44. The fourth-order valence-corrected chi connectivity index (χ4v) is 3.13. The molecule has 1 atom stereocenters. The SMILES string of the molecule is C#CC1(OC(CC)N2CCCC2)CCCCC1. The van der Waals surface area contributed by atoms with Crippen LogP contribution in [0.25, 0.3) is 0 Å². The summed E-state index contributed by atoms with van der Waals surface area (Å²) in [6, 6.07) is 0. The van der Waals surface area contributed by atoms with Crippen LogP contribution in [0.1, 0.15) is 58.3 Å². The molecule has 0 aromatic heterocycles. The third kappa shape index (κ3) is 3.03. The smallest absolute Gasteiger partial charge is 0.130 e. The Labute approximate surface area is 106 Å². The third-order valence-corrected chi connectivity index (χ3v) is 4.18. The Morgan fingerprint density at radius 2 is 1.82 bits per heavy atom. The van der Waals surface area contributed by atoms with Crippen LogP contribution in [-0.4, -0.2) is 29.8 Å². The maximum atomic E-state index is 6.35. The van der Waals surface area contributed by atoms with Crippen LogP contribution in [0.2, 0.25) is 0 Å². The van der Waals surface area contributed by atoms with Crippen LogP contribution in [0, 0.1) is 12.3 Å². The van der Waals surface area contributed by atoms with Gasteiger partial charge in [-0.3, -0.25) is 4.90 Å². The minimum atomic E-state index is -0.262. The van der Waals surface area contributed by atoms with Gasteiger partial charge in [0.25, 0.3) is 0 Å². The van der Waals surface area contributed by atoms with Crippen LogP contribution in [-0.2, 0) is 4.74 Å². The van der Waals surface area contributed by atoms with Crippen molar-refractivity contribution < 1.29 is 4.74 Å². The molecule has 0 aromatic rings. The van der Waals surface area contributed by atoms with Crippen molar-refractivity contribution in [3.8, 4) is 12.3 Å². The molecule has 17 heavy (non-hydrogen) atoms. The number of terminal acetylenes is 1. The predicted octanol–water partition coefficient (Wildman–Crippen LogP) is 3.17. The number of hydrogen-bond acceptors (Lipinski definition) is 2. The van der Waals surface area contributed by atoms with Crippen molar-refractivity contribution in [1.82, 2.24) is 4.90 Å². The van der Waals surface area contributed by atoms with Gasteiger partial charge in [0, 0.05) is 13.1 Å². The summed E-state index contributed by atoms with van der Waals surface area (Å²) in [6.07, 6.45) is 15.5. The zero-order valence-electron chi connectivity index (χ0n) is 11.1. The molecule has 1 saturated carbocycles. The first-order valence-electron chi connectivity index (χ1n) is 7.19. The zero-order chi connectivity index (χ0) is 12.1. The topological polar surface area (TPSA) is 12.5 Å². The largest absolute Gasteiger partial charge is 0.344 e. The third-order valence-electron chi connectivity index (χ3n) is 4.18. The molecule has 2 rings (SSSR count). The molecule has 1 saturated heterocycles. The van der Waals surface area contributed by atoms with Gasteiger partial charge in [-0.05, 0) is 44.9 Å². The number of rotatable bonds is 4. The summed E-state index contributed by atoms with van der Waals surface area (Å²) in [5, 5.41) is 0. The van der Waals surface area contributed by atoms with Crippen LogP contribution >= 0.6 is 0 Å². The Hall–Kier alpha value is -0.520. The first kappa shape index (κ1) is 12.9. The van der Waals surface area contributed by atoms with Crippen LogP contribution in [0.15, 0.2) is 0 Å². The van der Waals surface area contributed by atoms with E-state index in [1.54, 1.807) is 0 Å². The van der Waals surface area contributed by atoms with Crippen molar-refractivity contribution in [2.24, 2.45) is 0 Å². The first-order chi connectivity index (χ1) is 8.29. The molecular formula is C15H25NO. The Bertz CT molecular complexity index is 269. The average Bonchev–Trinajstić information content (AvgIpc) is 2.91. The molecule has 2 fully saturated rings. The molecule has 0 N–H and O–H groups in total. The summed E-state index contributed by atoms with van der Waals surface area (Å²) < 4.78 is 6.35. The van der Waals surface area contributed by atoms with Gasteiger partial charge in [-0.25, -0.2) is 0 Å². The summed E-state index contributed by atoms with van der Waals surface area (Å²) in [7, 11) is 0. The summed E-state index contributed by atoms with van der Waals surface area (Å²) >= 11 is 0. The Kier molecular flexibility index (Phi) is 4.48. The highest BCUT2D eigenvalue weighted by Gasteiger charge is 2.35. The second-order valence-corrected chi connectivity index (χ2v) is 5.42. The van der Waals surface area contributed by atoms with E-state index in [1.807, 2.05) is 0 Å². The lowest BCUT2D eigenvalue weighted by molar-refractivity contribution is -0.137. The highest BCUT2D eigenvalue weighted by Crippen LogP contribution is 2.33. The van der Waals surface area contributed by atoms with E-state index in [1.165, 1.54) is 45.2 Å². The highest BCUT2D eigenvalue weighted by molar-refractivity contribution is 5.10. The van der Waals surface area contributed by atoms with Crippen molar-refractivity contribution in [2.75, 3.05) is 13.1 Å². The second kappa shape index (κ2) is 5.89. The summed E-state index contributed by atoms with van der Waals surface area (Å²) in [5.41, 5.74) is -0.262. The summed E-state index contributed by atoms with van der Waals surface area (Å²) in [5.74, 6) is 2.96. The minimum Gasteiger partial charge on any atom is -0.344 e. The quantitative estimate of drug-likeness (QED) is 0.694. The molecular weight excluding hydrogens is 210 g/mol. The average molecular weight is 235 g/mol. The number of likely N-dealkylation sites (tertiary alicyclic amines) is 1. The van der Waals surface area contributed by atoms with Gasteiger partial charge in [0.15, 0.2) is 0 Å². The molecule has 1 aliphatic heterocycles. The Morgan fingerprint density at radius 1 is 1.18 bits per heavy atom. The van der Waals surface area contributed by atoms with Gasteiger partial charge in [0.05, 0.1) is 0 Å². The molecule has 1 heterocycles. The lowest BCUT2D eigenvalue weighted by atomic mass is 9.85. The molecule has 0 amide bonds. The number of ether oxygens (including phenoxy) is 1. The molecule has 0 spiro atoms. The summed E-state index contributed by atoms with van der Waals surface area (Å²) in [6.45, 7) is 4.56. The summed E-state index contributed by atoms with van der Waals surface area (Å²) in [4.78, 5) is 2.47. The minimum absolute atomic E-state index is 0.242. The fraction of sp³-hybridized carbons (Fsp3) is 0.867. The van der Waals surface area contributed by atoms with Crippen molar-refractivity contribution >= 4 is 0 Å². The van der Waals surface area contributed by atoms with Gasteiger partial charge in [0.2, 0.25) is 0 Å². The van der Waals surface area contributed by atoms with Crippen molar-refractivity contribution in [2.45, 2.75) is 70.1 Å². The lowest BCUT2D eigenvalue weighted by Gasteiger charge is -2.38. The Balaban J connectivity index is 1.97. The van der Waals surface area contributed by atoms with E-state index in [-0.39, 0.29) is 11.8 Å². The van der Waals surface area contributed by atoms with Gasteiger partial charge in [0.1, 0.15) is 11.8 Å². The van der Waals surface area contributed by atoms with E-state index >= 15 is 0 Å². The van der Waals surface area contributed by atoms with Gasteiger partial charge in [-0.1, -0.05) is 19.3 Å². The molecule has 1 unspecified atom stereocenters. The van der Waals surface area contributed by atoms with Gasteiger partial charge < -0.3 is 4.74 Å². The van der Waals surface area contributed by atoms with E-state index in [0.29, 0.717) is 0 Å². The van der Waals surface area contributed by atoms with Crippen LogP contribution in [0.4, 0.5) is 0 Å². The molecule has 1 aliphatic carbocycles. The second-order valence-electron chi connectivity index (χ2n) is 5.42. The van der Waals surface area contributed by atoms with Gasteiger partial charge in [-0.15, -0.1) is 6.42 Å². The monoisotopic (exact) mass is 235 g/mol. The Morgan fingerprint density at radius 3 is 2.35 bits per heavy atom. The number of nitrogens with zero attached hydrogens (tertiary/aromatic N) is 1. The molecule has 2 nitrogen and oxygen atoms in total. The van der Waals surface area contributed by atoms with Crippen molar-refractivity contribution in [1.29, 1.82) is 0 Å². The normalized spacial score (nSPS) is 26.6. The molecule has 0 bridgehead atoms. The van der Waals surface area contributed by atoms with Crippen molar-refractivity contribution in [3.63, 3.8) is 0 Å². The predicted molar refractivity (Wildman–Crippen MR) is 70.6 cm³/mol. The van der Waals surface area contributed by atoms with E-state index in [2.05, 4.69) is 17.7 Å². The van der Waals surface area contributed by atoms with Gasteiger partial charge >= 0.3 is 0 Å². The molecule has 96 valence electrons. The number of hydrogen-bond donors (Lipinski definition) is 0. The first-order valence-corrected chi connectivity index (χ1v) is 7.19. The van der Waals surface area contributed by atoms with Crippen molar-refractivity contribution in [3.05, 3.63) is 0 Å². The van der Waals surface area contributed by atoms with Crippen LogP contribution in [0.3, 0.4) is 0 Å². The molecule has 2 aliphatic rings. The van der Waals surface area contributed by atoms with Crippen LogP contribution < -0.4 is 0 Å². The van der Waals surface area contributed by atoms with Crippen LogP contribution in [0.5, 0.6) is 0 Å². The van der Waals surface area contributed by atoms with E-state index in [0.717, 1.165) is 19.3 Å². The standard InChI is InChI=1S/C15H25NO/c1-3-14(16-12-8-9-13-16)17-15(4-2)10-6-5-7-11-15/h2,14H,3,5-13H2,1H3. The maximum absolute atomic E-state index is 6.35. The maximum Gasteiger partial charge on any atom is 0.130 e. The zero-order valence-corrected chi connectivity index (χ0v) is 11.1.